The van der Waals surface area contributed by atoms with Crippen molar-refractivity contribution in [3.63, 3.8) is 0 Å². The van der Waals surface area contributed by atoms with E-state index < -0.39 is 6.10 Å². The second-order valence-electron chi connectivity index (χ2n) is 22.0. The van der Waals surface area contributed by atoms with Crippen LogP contribution in [0.3, 0.4) is 0 Å². The highest BCUT2D eigenvalue weighted by molar-refractivity contribution is 5.71. The van der Waals surface area contributed by atoms with Gasteiger partial charge in [-0.15, -0.1) is 0 Å². The molecule has 0 aliphatic heterocycles. The van der Waals surface area contributed by atoms with E-state index >= 15 is 0 Å². The van der Waals surface area contributed by atoms with Gasteiger partial charge >= 0.3 is 17.9 Å². The molecule has 0 saturated heterocycles. The van der Waals surface area contributed by atoms with Crippen LogP contribution in [-0.2, 0) is 28.6 Å². The SMILES string of the molecule is CC/C=C\C/C=C\C/C=C\C/C=C\C/C=C\CCCCCCCC(=O)OC(COC(=O)CCCCCCC/C=C\C/C=C\CCC)COC(=O)CCCCCCCCCCCCCCCCC/C=C\C/C=C\CCCCCCC. The minimum Gasteiger partial charge on any atom is -0.462 e. The largest absolute Gasteiger partial charge is 0.462 e. The summed E-state index contributed by atoms with van der Waals surface area (Å²) >= 11 is 0. The minimum atomic E-state index is -0.797. The van der Waals surface area contributed by atoms with Crippen LogP contribution in [0.2, 0.25) is 0 Å². The van der Waals surface area contributed by atoms with Crippen molar-refractivity contribution in [3.05, 3.63) is 109 Å². The quantitative estimate of drug-likeness (QED) is 0.0261. The maximum atomic E-state index is 12.9. The third kappa shape index (κ3) is 64.8. The van der Waals surface area contributed by atoms with E-state index in [2.05, 4.69) is 130 Å². The Hall–Kier alpha value is -3.93. The molecule has 0 heterocycles. The van der Waals surface area contributed by atoms with Crippen molar-refractivity contribution in [3.8, 4) is 0 Å². The van der Waals surface area contributed by atoms with Gasteiger partial charge in [0.1, 0.15) is 13.2 Å². The number of carbonyl (C=O) groups excluding carboxylic acids is 3. The average molecular weight is 1100 g/mol. The number of hydrogen-bond donors (Lipinski definition) is 0. The highest BCUT2D eigenvalue weighted by atomic mass is 16.6. The molecule has 0 fully saturated rings. The first-order chi connectivity index (χ1) is 39.0. The number of esters is 3. The lowest BCUT2D eigenvalue weighted by molar-refractivity contribution is -0.167. The third-order valence-electron chi connectivity index (χ3n) is 14.2. The van der Waals surface area contributed by atoms with Crippen LogP contribution in [0.5, 0.6) is 0 Å². The molecule has 452 valence electrons. The molecule has 0 aromatic rings. The normalized spacial score (nSPS) is 12.8. The standard InChI is InChI=1S/C73H124O6/c1-4-7-10-13-16-19-22-25-27-29-31-33-34-35-36-37-38-40-41-43-45-48-51-54-57-60-63-66-72(75)78-69-70(68-77-71(74)65-62-59-56-53-50-47-24-21-18-15-12-9-6-3)79-73(76)67-64-61-58-55-52-49-46-44-42-39-32-30-28-26-23-20-17-14-11-8-5-2/h8,11-12,15,17,20-22,24-26,28-29,31-32,39,44,46,70H,4-7,9-10,13-14,16,18-19,23,27,30,33-38,40-43,45,47-69H2,1-3H3/b11-8-,15-12-,20-17-,24-21-,25-22-,28-26-,31-29-,39-32-,46-44-. The molecule has 0 amide bonds. The molecule has 0 aromatic heterocycles. The lowest BCUT2D eigenvalue weighted by atomic mass is 10.0. The maximum Gasteiger partial charge on any atom is 0.306 e. The van der Waals surface area contributed by atoms with Crippen LogP contribution in [0.4, 0.5) is 0 Å². The summed E-state index contributed by atoms with van der Waals surface area (Å²) < 4.78 is 16.9. The van der Waals surface area contributed by atoms with Crippen LogP contribution in [0.1, 0.15) is 316 Å². The summed E-state index contributed by atoms with van der Waals surface area (Å²) in [5.74, 6) is -0.916. The molecular formula is C73H124O6. The van der Waals surface area contributed by atoms with Crippen molar-refractivity contribution in [1.82, 2.24) is 0 Å². The van der Waals surface area contributed by atoms with Crippen LogP contribution in [0.15, 0.2) is 109 Å². The topological polar surface area (TPSA) is 78.9 Å². The predicted octanol–water partition coefficient (Wildman–Crippen LogP) is 23.0. The summed E-state index contributed by atoms with van der Waals surface area (Å²) in [4.78, 5) is 38.3. The van der Waals surface area contributed by atoms with Gasteiger partial charge in [-0.2, -0.15) is 0 Å². The van der Waals surface area contributed by atoms with E-state index in [4.69, 9.17) is 14.2 Å². The Morgan fingerprint density at radius 3 is 0.823 bits per heavy atom. The Bertz CT molecular complexity index is 1590. The monoisotopic (exact) mass is 1100 g/mol. The zero-order valence-electron chi connectivity index (χ0n) is 51.9. The fraction of sp³-hybridized carbons (Fsp3) is 0.712. The molecule has 0 aliphatic rings. The molecule has 0 aromatic carbocycles. The van der Waals surface area contributed by atoms with Gasteiger partial charge < -0.3 is 14.2 Å². The first kappa shape index (κ1) is 75.1. The minimum absolute atomic E-state index is 0.0905. The molecule has 0 rings (SSSR count). The van der Waals surface area contributed by atoms with Crippen molar-refractivity contribution >= 4 is 17.9 Å². The Labute approximate surface area is 489 Å². The molecule has 1 unspecified atom stereocenters. The Morgan fingerprint density at radius 1 is 0.266 bits per heavy atom. The van der Waals surface area contributed by atoms with E-state index in [9.17, 15) is 14.4 Å². The number of ether oxygens (including phenoxy) is 3. The summed E-state index contributed by atoms with van der Waals surface area (Å²) in [6.07, 6.45) is 91.0. The Kier molecular flexibility index (Phi) is 63.3. The summed E-state index contributed by atoms with van der Waals surface area (Å²) in [7, 11) is 0. The fourth-order valence-electron chi connectivity index (χ4n) is 9.24. The third-order valence-corrected chi connectivity index (χ3v) is 14.2. The molecular weight excluding hydrogens is 973 g/mol. The van der Waals surface area contributed by atoms with Gasteiger partial charge in [-0.1, -0.05) is 284 Å². The molecule has 0 N–H and O–H groups in total. The Balaban J connectivity index is 4.32. The molecule has 0 radical (unpaired) electrons. The van der Waals surface area contributed by atoms with Crippen molar-refractivity contribution in [1.29, 1.82) is 0 Å². The van der Waals surface area contributed by atoms with Crippen LogP contribution in [0, 0.1) is 0 Å². The van der Waals surface area contributed by atoms with Crippen LogP contribution >= 0.6 is 0 Å². The second-order valence-corrected chi connectivity index (χ2v) is 22.0. The zero-order valence-corrected chi connectivity index (χ0v) is 51.9. The van der Waals surface area contributed by atoms with Gasteiger partial charge in [-0.05, 0) is 122 Å². The first-order valence-corrected chi connectivity index (χ1v) is 33.4. The lowest BCUT2D eigenvalue weighted by Gasteiger charge is -2.18. The number of unbranched alkanes of at least 4 members (excludes halogenated alkanes) is 31. The molecule has 6 heteroatoms. The second kappa shape index (κ2) is 66.6. The predicted molar refractivity (Wildman–Crippen MR) is 343 cm³/mol. The number of hydrogen-bond acceptors (Lipinski definition) is 6. The first-order valence-electron chi connectivity index (χ1n) is 33.4. The van der Waals surface area contributed by atoms with Crippen molar-refractivity contribution in [2.75, 3.05) is 13.2 Å². The smallest absolute Gasteiger partial charge is 0.306 e. The zero-order chi connectivity index (χ0) is 57.1. The summed E-state index contributed by atoms with van der Waals surface area (Å²) in [5.41, 5.74) is 0. The fourth-order valence-corrected chi connectivity index (χ4v) is 9.24. The van der Waals surface area contributed by atoms with E-state index in [1.807, 2.05) is 0 Å². The van der Waals surface area contributed by atoms with Gasteiger partial charge in [-0.25, -0.2) is 0 Å². The van der Waals surface area contributed by atoms with E-state index in [1.54, 1.807) is 0 Å². The number of allylic oxidation sites excluding steroid dienone is 18. The Morgan fingerprint density at radius 2 is 0.519 bits per heavy atom. The summed E-state index contributed by atoms with van der Waals surface area (Å²) in [6, 6.07) is 0. The average Bonchev–Trinajstić information content (AvgIpc) is 3.45. The summed E-state index contributed by atoms with van der Waals surface area (Å²) in [6.45, 7) is 6.45. The highest BCUT2D eigenvalue weighted by Gasteiger charge is 2.19. The molecule has 0 aliphatic carbocycles. The van der Waals surface area contributed by atoms with Gasteiger partial charge in [0.2, 0.25) is 0 Å². The number of carbonyl (C=O) groups is 3. The van der Waals surface area contributed by atoms with Crippen molar-refractivity contribution < 1.29 is 28.6 Å². The summed E-state index contributed by atoms with van der Waals surface area (Å²) in [5, 5.41) is 0. The van der Waals surface area contributed by atoms with Crippen LogP contribution in [0.25, 0.3) is 0 Å². The van der Waals surface area contributed by atoms with Crippen LogP contribution < -0.4 is 0 Å². The van der Waals surface area contributed by atoms with Gasteiger partial charge in [0.15, 0.2) is 6.10 Å². The maximum absolute atomic E-state index is 12.9. The lowest BCUT2D eigenvalue weighted by Crippen LogP contribution is -2.30. The van der Waals surface area contributed by atoms with Crippen LogP contribution in [-0.4, -0.2) is 37.2 Å². The van der Waals surface area contributed by atoms with Crippen molar-refractivity contribution in [2.45, 2.75) is 322 Å². The van der Waals surface area contributed by atoms with Gasteiger partial charge in [-0.3, -0.25) is 14.4 Å². The molecule has 6 nitrogen and oxygen atoms in total. The molecule has 79 heavy (non-hydrogen) atoms. The molecule has 0 bridgehead atoms. The van der Waals surface area contributed by atoms with Crippen molar-refractivity contribution in [2.24, 2.45) is 0 Å². The molecule has 1 atom stereocenters. The molecule has 0 spiro atoms. The van der Waals surface area contributed by atoms with Gasteiger partial charge in [0.05, 0.1) is 0 Å². The molecule has 0 saturated carbocycles. The highest BCUT2D eigenvalue weighted by Crippen LogP contribution is 2.16. The van der Waals surface area contributed by atoms with Gasteiger partial charge in [0.25, 0.3) is 0 Å². The number of rotatable bonds is 60. The van der Waals surface area contributed by atoms with E-state index in [0.29, 0.717) is 19.3 Å². The van der Waals surface area contributed by atoms with E-state index in [1.165, 1.54) is 128 Å². The van der Waals surface area contributed by atoms with E-state index in [-0.39, 0.29) is 31.1 Å². The van der Waals surface area contributed by atoms with E-state index in [0.717, 1.165) is 148 Å². The van der Waals surface area contributed by atoms with Gasteiger partial charge in [0, 0.05) is 19.3 Å².